The Morgan fingerprint density at radius 1 is 1.27 bits per heavy atom. The van der Waals surface area contributed by atoms with E-state index >= 15 is 0 Å². The monoisotopic (exact) mass is 547 g/mol. The molecule has 9 nitrogen and oxygen atoms in total. The minimum atomic E-state index is -0.705. The summed E-state index contributed by atoms with van der Waals surface area (Å²) < 4.78 is 19.2. The molecule has 37 heavy (non-hydrogen) atoms. The van der Waals surface area contributed by atoms with Gasteiger partial charge in [0.2, 0.25) is 5.13 Å². The van der Waals surface area contributed by atoms with E-state index in [2.05, 4.69) is 14.9 Å². The van der Waals surface area contributed by atoms with Crippen LogP contribution in [0.3, 0.4) is 0 Å². The maximum atomic E-state index is 14.4. The number of likely N-dealkylation sites (tertiary alicyclic amines) is 2. The molecule has 1 amide bonds. The van der Waals surface area contributed by atoms with Crippen molar-refractivity contribution in [1.82, 2.24) is 19.8 Å². The third-order valence-electron chi connectivity index (χ3n) is 6.27. The molecular formula is C25H27ClFN5O4S. The number of benzene rings is 1. The van der Waals surface area contributed by atoms with Crippen molar-refractivity contribution < 1.29 is 23.9 Å². The second-order valence-corrected chi connectivity index (χ2v) is 9.64. The van der Waals surface area contributed by atoms with Crippen LogP contribution in [0.2, 0.25) is 5.02 Å². The smallest absolute Gasteiger partial charge is 0.338 e. The number of ether oxygens (including phenoxy) is 1. The molecule has 12 heteroatoms. The minimum Gasteiger partial charge on any atom is -0.465 e. The Balaban J connectivity index is 0.00000156. The highest BCUT2D eigenvalue weighted by molar-refractivity contribution is 7.13. The van der Waals surface area contributed by atoms with E-state index in [4.69, 9.17) is 16.3 Å². The molecule has 4 heterocycles. The van der Waals surface area contributed by atoms with Crippen LogP contribution in [0.15, 0.2) is 41.9 Å². The average Bonchev–Trinajstić information content (AvgIpc) is 3.68. The van der Waals surface area contributed by atoms with Gasteiger partial charge in [-0.3, -0.25) is 14.9 Å². The minimum absolute atomic E-state index is 0.0288. The molecule has 2 aliphatic heterocycles. The summed E-state index contributed by atoms with van der Waals surface area (Å²) in [6.45, 7) is 5.43. The van der Waals surface area contributed by atoms with Gasteiger partial charge in [0.05, 0.1) is 29.0 Å². The summed E-state index contributed by atoms with van der Waals surface area (Å²) in [4.78, 5) is 37.7. The highest BCUT2D eigenvalue weighted by atomic mass is 35.5. The Morgan fingerprint density at radius 2 is 2.05 bits per heavy atom. The van der Waals surface area contributed by atoms with Crippen LogP contribution >= 0.6 is 22.9 Å². The van der Waals surface area contributed by atoms with Crippen molar-refractivity contribution in [2.45, 2.75) is 38.9 Å². The van der Waals surface area contributed by atoms with Crippen LogP contribution in [0, 0.1) is 5.82 Å². The highest BCUT2D eigenvalue weighted by Gasteiger charge is 2.45. The molecule has 1 unspecified atom stereocenters. The van der Waals surface area contributed by atoms with Crippen LogP contribution in [-0.4, -0.2) is 69.1 Å². The molecule has 1 N–H and O–H groups in total. The van der Waals surface area contributed by atoms with E-state index in [0.717, 1.165) is 11.5 Å². The quantitative estimate of drug-likeness (QED) is 0.348. The zero-order valence-electron chi connectivity index (χ0n) is 20.6. The first-order chi connectivity index (χ1) is 17.9. The zero-order chi connectivity index (χ0) is 26.7. The lowest BCUT2D eigenvalue weighted by Crippen LogP contribution is -2.48. The van der Waals surface area contributed by atoms with Crippen molar-refractivity contribution in [2.75, 3.05) is 25.3 Å². The Labute approximate surface area is 223 Å². The number of methoxy groups -OCH3 is 1. The van der Waals surface area contributed by atoms with Gasteiger partial charge in [-0.2, -0.15) is 5.06 Å². The van der Waals surface area contributed by atoms with Gasteiger partial charge in [-0.05, 0) is 30.7 Å². The third kappa shape index (κ3) is 5.45. The maximum Gasteiger partial charge on any atom is 0.338 e. The van der Waals surface area contributed by atoms with E-state index in [9.17, 15) is 19.2 Å². The fourth-order valence-corrected chi connectivity index (χ4v) is 5.37. The normalized spacial score (nSPS) is 18.4. The summed E-state index contributed by atoms with van der Waals surface area (Å²) in [5.41, 5.74) is 0.782. The number of rotatable bonds is 6. The first-order valence-electron chi connectivity index (χ1n) is 11.8. The van der Waals surface area contributed by atoms with Crippen LogP contribution in [0.5, 0.6) is 0 Å². The molecule has 2 fully saturated rings. The van der Waals surface area contributed by atoms with Crippen molar-refractivity contribution >= 4 is 45.8 Å². The summed E-state index contributed by atoms with van der Waals surface area (Å²) >= 11 is 7.07. The standard InChI is InChI=1S/C23H21ClFN5O4S.C2H6/c1-34-22(32)13-7-14(27-19(8-13)30(33)23-26-5-6-35-23)10-28-11-16-9-15(28)12-29(16)21(31)17-3-2-4-18(24)20(17)25;1-2/h2-8,15-16,33H,9-12H2,1H3;1-2H3/t15-,16?;/m1./s1. The predicted molar refractivity (Wildman–Crippen MR) is 138 cm³/mol. The van der Waals surface area contributed by atoms with E-state index in [-0.39, 0.29) is 40.0 Å². The van der Waals surface area contributed by atoms with Gasteiger partial charge < -0.3 is 9.64 Å². The summed E-state index contributed by atoms with van der Waals surface area (Å²) in [6.07, 6.45) is 2.31. The molecule has 2 aliphatic rings. The van der Waals surface area contributed by atoms with Crippen molar-refractivity contribution in [1.29, 1.82) is 0 Å². The maximum absolute atomic E-state index is 14.4. The summed E-state index contributed by atoms with van der Waals surface area (Å²) in [6, 6.07) is 7.47. The second-order valence-electron chi connectivity index (χ2n) is 8.36. The first-order valence-corrected chi connectivity index (χ1v) is 13.1. The molecule has 1 aromatic carbocycles. The van der Waals surface area contributed by atoms with Crippen molar-refractivity contribution in [2.24, 2.45) is 0 Å². The fourth-order valence-electron chi connectivity index (χ4n) is 4.64. The predicted octanol–water partition coefficient (Wildman–Crippen LogP) is 4.77. The van der Waals surface area contributed by atoms with E-state index in [0.29, 0.717) is 30.5 Å². The van der Waals surface area contributed by atoms with E-state index in [1.807, 2.05) is 13.8 Å². The number of nitrogens with zero attached hydrogens (tertiary/aromatic N) is 5. The lowest BCUT2D eigenvalue weighted by atomic mass is 10.1. The SMILES string of the molecule is CC.COC(=O)c1cc(CN2CC3C[C@@H]2CN3C(=O)c2cccc(Cl)c2F)nc(N(O)c2nccs2)c1. The number of esters is 1. The van der Waals surface area contributed by atoms with Gasteiger partial charge in [0, 0.05) is 43.3 Å². The van der Waals surface area contributed by atoms with Gasteiger partial charge in [-0.15, -0.1) is 11.3 Å². The average molecular weight is 548 g/mol. The Bertz CT molecular complexity index is 1280. The summed E-state index contributed by atoms with van der Waals surface area (Å²) in [7, 11) is 1.29. The molecule has 0 saturated carbocycles. The van der Waals surface area contributed by atoms with Gasteiger partial charge in [0.25, 0.3) is 5.91 Å². The van der Waals surface area contributed by atoms with Gasteiger partial charge >= 0.3 is 5.97 Å². The molecule has 196 valence electrons. The number of aromatic nitrogens is 2. The lowest BCUT2D eigenvalue weighted by Gasteiger charge is -2.34. The number of amides is 1. The number of anilines is 2. The Morgan fingerprint density at radius 3 is 2.70 bits per heavy atom. The van der Waals surface area contributed by atoms with Gasteiger partial charge in [-0.25, -0.2) is 19.2 Å². The number of thiazole rings is 1. The molecule has 2 bridgehead atoms. The number of hydrogen-bond acceptors (Lipinski definition) is 9. The van der Waals surface area contributed by atoms with Crippen molar-refractivity contribution in [3.05, 3.63) is 69.6 Å². The largest absolute Gasteiger partial charge is 0.465 e. The number of halogens is 2. The topological polar surface area (TPSA) is 99.1 Å². The molecule has 5 rings (SSSR count). The summed E-state index contributed by atoms with van der Waals surface area (Å²) in [5, 5.41) is 13.3. The lowest BCUT2D eigenvalue weighted by molar-refractivity contribution is 0.0591. The first kappa shape index (κ1) is 26.9. The zero-order valence-corrected chi connectivity index (χ0v) is 22.2. The molecule has 2 aromatic heterocycles. The van der Waals surface area contributed by atoms with E-state index in [1.54, 1.807) is 28.6 Å². The van der Waals surface area contributed by atoms with Crippen molar-refractivity contribution in [3.8, 4) is 0 Å². The molecule has 2 atom stereocenters. The Hall–Kier alpha value is -3.12. The van der Waals surface area contributed by atoms with Gasteiger partial charge in [0.15, 0.2) is 11.6 Å². The van der Waals surface area contributed by atoms with E-state index < -0.39 is 11.8 Å². The molecule has 0 spiro atoms. The van der Waals surface area contributed by atoms with Crippen LogP contribution in [-0.2, 0) is 11.3 Å². The summed E-state index contributed by atoms with van der Waals surface area (Å²) in [5.74, 6) is -1.48. The molecule has 0 aliphatic carbocycles. The van der Waals surface area contributed by atoms with Gasteiger partial charge in [-0.1, -0.05) is 31.5 Å². The second kappa shape index (κ2) is 11.5. The number of pyridine rings is 1. The number of piperazine rings is 1. The molecule has 3 aromatic rings. The van der Waals surface area contributed by atoms with E-state index in [1.165, 1.54) is 36.6 Å². The van der Waals surface area contributed by atoms with Crippen LogP contribution in [0.4, 0.5) is 15.3 Å². The van der Waals surface area contributed by atoms with Crippen molar-refractivity contribution in [3.63, 3.8) is 0 Å². The fraction of sp³-hybridized carbons (Fsp3) is 0.360. The number of carbonyl (C=O) groups is 2. The van der Waals surface area contributed by atoms with Crippen LogP contribution in [0.1, 0.15) is 46.7 Å². The number of carbonyl (C=O) groups excluding carboxylic acids is 2. The highest BCUT2D eigenvalue weighted by Crippen LogP contribution is 2.34. The van der Waals surface area contributed by atoms with Gasteiger partial charge in [0.1, 0.15) is 0 Å². The molecular weight excluding hydrogens is 521 g/mol. The van der Waals surface area contributed by atoms with Crippen LogP contribution in [0.25, 0.3) is 0 Å². The Kier molecular flexibility index (Phi) is 8.38. The molecule has 0 radical (unpaired) electrons. The third-order valence-corrected chi connectivity index (χ3v) is 7.30. The van der Waals surface area contributed by atoms with Crippen LogP contribution < -0.4 is 5.06 Å². The number of fused-ring (bicyclic) bond motifs is 2. The number of hydrogen-bond donors (Lipinski definition) is 1. The molecule has 2 saturated heterocycles.